The third-order valence-corrected chi connectivity index (χ3v) is 4.68. The topological polar surface area (TPSA) is 55.4 Å². The maximum Gasteiger partial charge on any atom is 0.331 e. The number of ether oxygens (including phenoxy) is 1. The Labute approximate surface area is 152 Å². The zero-order valence-electron chi connectivity index (χ0n) is 14.7. The number of nitrogens with one attached hydrogen (secondary N) is 1. The summed E-state index contributed by atoms with van der Waals surface area (Å²) >= 11 is 1.55. The van der Waals surface area contributed by atoms with Gasteiger partial charge in [0.1, 0.15) is 0 Å². The molecule has 0 fully saturated rings. The second-order valence-electron chi connectivity index (χ2n) is 5.85. The minimum absolute atomic E-state index is 0.336. The highest BCUT2D eigenvalue weighted by Crippen LogP contribution is 2.26. The summed E-state index contributed by atoms with van der Waals surface area (Å²) in [6.07, 6.45) is 3.11. The number of rotatable bonds is 7. The first-order valence-electron chi connectivity index (χ1n) is 8.32. The largest absolute Gasteiger partial charge is 0.449 e. The van der Waals surface area contributed by atoms with Gasteiger partial charge in [-0.1, -0.05) is 32.0 Å². The van der Waals surface area contributed by atoms with Crippen LogP contribution in [-0.4, -0.2) is 18.0 Å². The number of esters is 1. The van der Waals surface area contributed by atoms with E-state index in [1.807, 2.05) is 41.1 Å². The van der Waals surface area contributed by atoms with E-state index in [0.717, 1.165) is 23.2 Å². The Hall–Kier alpha value is -2.40. The van der Waals surface area contributed by atoms with E-state index in [-0.39, 0.29) is 5.91 Å². The highest BCUT2D eigenvalue weighted by atomic mass is 32.1. The number of hydrogen-bond donors (Lipinski definition) is 1. The molecule has 2 rings (SSSR count). The summed E-state index contributed by atoms with van der Waals surface area (Å²) in [5, 5.41) is 6.71. The molecule has 1 aromatic heterocycles. The lowest BCUT2D eigenvalue weighted by atomic mass is 9.97. The summed E-state index contributed by atoms with van der Waals surface area (Å²) in [6, 6.07) is 9.60. The number of hydrogen-bond acceptors (Lipinski definition) is 4. The van der Waals surface area contributed by atoms with Crippen LogP contribution in [0.1, 0.15) is 44.2 Å². The Morgan fingerprint density at radius 1 is 1.24 bits per heavy atom. The minimum Gasteiger partial charge on any atom is -0.449 e. The van der Waals surface area contributed by atoms with Crippen LogP contribution in [0, 0.1) is 0 Å². The molecule has 0 bridgehead atoms. The molecule has 0 aliphatic carbocycles. The predicted molar refractivity (Wildman–Crippen MR) is 103 cm³/mol. The average molecular weight is 357 g/mol. The van der Waals surface area contributed by atoms with Gasteiger partial charge in [0.05, 0.1) is 0 Å². The number of benzene rings is 1. The summed E-state index contributed by atoms with van der Waals surface area (Å²) in [5.41, 5.74) is 2.77. The summed E-state index contributed by atoms with van der Waals surface area (Å²) in [7, 11) is 0. The van der Waals surface area contributed by atoms with E-state index < -0.39 is 12.1 Å². The summed E-state index contributed by atoms with van der Waals surface area (Å²) in [4.78, 5) is 24.2. The van der Waals surface area contributed by atoms with E-state index in [2.05, 4.69) is 19.2 Å². The van der Waals surface area contributed by atoms with E-state index in [1.54, 1.807) is 24.3 Å². The maximum atomic E-state index is 12.3. The highest BCUT2D eigenvalue weighted by Gasteiger charge is 2.18. The van der Waals surface area contributed by atoms with Gasteiger partial charge in [-0.15, -0.1) is 0 Å². The van der Waals surface area contributed by atoms with Crippen LogP contribution in [0.15, 0.2) is 47.2 Å². The van der Waals surface area contributed by atoms with Crippen molar-refractivity contribution in [3.63, 3.8) is 0 Å². The van der Waals surface area contributed by atoms with Crippen molar-refractivity contribution < 1.29 is 14.3 Å². The molecule has 0 aliphatic heterocycles. The first-order valence-corrected chi connectivity index (χ1v) is 9.26. The standard InChI is InChI=1S/C20H23NO3S/c1-4-14(2)17-7-5-6-8-18(17)21-20(23)15(3)24-19(22)10-9-16-11-12-25-13-16/h5-15H,4H2,1-3H3,(H,21,23)/b10-9+/t14-,15-/m1/s1. The maximum absolute atomic E-state index is 12.3. The van der Waals surface area contributed by atoms with Crippen molar-refractivity contribution in [2.45, 2.75) is 39.2 Å². The molecule has 1 aromatic carbocycles. The fourth-order valence-corrected chi connectivity index (χ4v) is 2.92. The summed E-state index contributed by atoms with van der Waals surface area (Å²) < 4.78 is 5.17. The molecule has 1 N–H and O–H groups in total. The van der Waals surface area contributed by atoms with Gasteiger partial charge in [-0.3, -0.25) is 4.79 Å². The molecule has 0 radical (unpaired) electrons. The van der Waals surface area contributed by atoms with Crippen LogP contribution in [0.25, 0.3) is 6.08 Å². The van der Waals surface area contributed by atoms with Crippen molar-refractivity contribution in [3.05, 3.63) is 58.3 Å². The molecule has 0 aliphatic rings. The van der Waals surface area contributed by atoms with Gasteiger partial charge in [0.15, 0.2) is 6.10 Å². The molecule has 132 valence electrons. The Kier molecular flexibility index (Phi) is 6.95. The van der Waals surface area contributed by atoms with Crippen LogP contribution in [0.5, 0.6) is 0 Å². The fourth-order valence-electron chi connectivity index (χ4n) is 2.30. The van der Waals surface area contributed by atoms with Gasteiger partial charge in [0.2, 0.25) is 0 Å². The molecule has 0 spiro atoms. The van der Waals surface area contributed by atoms with Gasteiger partial charge >= 0.3 is 5.97 Å². The Morgan fingerprint density at radius 3 is 2.68 bits per heavy atom. The lowest BCUT2D eigenvalue weighted by molar-refractivity contribution is -0.148. The average Bonchev–Trinajstić information content (AvgIpc) is 3.13. The quantitative estimate of drug-likeness (QED) is 0.569. The Balaban J connectivity index is 1.95. The molecule has 0 saturated carbocycles. The van der Waals surface area contributed by atoms with E-state index in [4.69, 9.17) is 4.74 Å². The molecule has 0 unspecified atom stereocenters. The fraction of sp³-hybridized carbons (Fsp3) is 0.300. The van der Waals surface area contributed by atoms with Crippen LogP contribution >= 0.6 is 11.3 Å². The number of anilines is 1. The third-order valence-electron chi connectivity index (χ3n) is 3.98. The van der Waals surface area contributed by atoms with E-state index in [0.29, 0.717) is 5.92 Å². The van der Waals surface area contributed by atoms with Crippen molar-refractivity contribution in [2.75, 3.05) is 5.32 Å². The van der Waals surface area contributed by atoms with Gasteiger partial charge in [-0.05, 0) is 59.4 Å². The van der Waals surface area contributed by atoms with Gasteiger partial charge in [-0.25, -0.2) is 4.79 Å². The zero-order valence-corrected chi connectivity index (χ0v) is 15.5. The summed E-state index contributed by atoms with van der Waals surface area (Å²) in [6.45, 7) is 5.79. The zero-order chi connectivity index (χ0) is 18.2. The van der Waals surface area contributed by atoms with Crippen LogP contribution in [-0.2, 0) is 14.3 Å². The van der Waals surface area contributed by atoms with Crippen molar-refractivity contribution in [3.8, 4) is 0 Å². The normalized spacial score (nSPS) is 13.4. The molecule has 4 nitrogen and oxygen atoms in total. The molecule has 0 saturated heterocycles. The van der Waals surface area contributed by atoms with Crippen LogP contribution in [0.3, 0.4) is 0 Å². The molecular formula is C20H23NO3S. The van der Waals surface area contributed by atoms with Gasteiger partial charge in [0.25, 0.3) is 5.91 Å². The number of amides is 1. The third kappa shape index (κ3) is 5.57. The molecular weight excluding hydrogens is 334 g/mol. The summed E-state index contributed by atoms with van der Waals surface area (Å²) in [5.74, 6) is -0.542. The number of carbonyl (C=O) groups excluding carboxylic acids is 2. The number of para-hydroxylation sites is 1. The molecule has 2 atom stereocenters. The van der Waals surface area contributed by atoms with E-state index in [1.165, 1.54) is 6.08 Å². The first kappa shape index (κ1) is 18.9. The van der Waals surface area contributed by atoms with Crippen molar-refractivity contribution >= 4 is 35.0 Å². The molecule has 5 heteroatoms. The van der Waals surface area contributed by atoms with Crippen molar-refractivity contribution in [2.24, 2.45) is 0 Å². The second kappa shape index (κ2) is 9.18. The SMILES string of the molecule is CC[C@@H](C)c1ccccc1NC(=O)[C@@H](C)OC(=O)/C=C/c1ccsc1. The monoisotopic (exact) mass is 357 g/mol. The van der Waals surface area contributed by atoms with Gasteiger partial charge in [0, 0.05) is 11.8 Å². The first-order chi connectivity index (χ1) is 12.0. The lowest BCUT2D eigenvalue weighted by Crippen LogP contribution is -2.29. The molecule has 1 heterocycles. The number of carbonyl (C=O) groups is 2. The van der Waals surface area contributed by atoms with Gasteiger partial charge in [-0.2, -0.15) is 11.3 Å². The molecule has 2 aromatic rings. The Bertz CT molecular complexity index is 737. The lowest BCUT2D eigenvalue weighted by Gasteiger charge is -2.17. The van der Waals surface area contributed by atoms with Crippen LogP contribution in [0.2, 0.25) is 0 Å². The van der Waals surface area contributed by atoms with Crippen LogP contribution < -0.4 is 5.32 Å². The molecule has 1 amide bonds. The number of thiophene rings is 1. The predicted octanol–water partition coefficient (Wildman–Crippen LogP) is 4.85. The highest BCUT2D eigenvalue weighted by molar-refractivity contribution is 7.08. The smallest absolute Gasteiger partial charge is 0.331 e. The van der Waals surface area contributed by atoms with Crippen molar-refractivity contribution in [1.29, 1.82) is 0 Å². The van der Waals surface area contributed by atoms with Crippen LogP contribution in [0.4, 0.5) is 5.69 Å². The minimum atomic E-state index is -0.871. The van der Waals surface area contributed by atoms with E-state index >= 15 is 0 Å². The van der Waals surface area contributed by atoms with E-state index in [9.17, 15) is 9.59 Å². The van der Waals surface area contributed by atoms with Gasteiger partial charge < -0.3 is 10.1 Å². The second-order valence-corrected chi connectivity index (χ2v) is 6.63. The van der Waals surface area contributed by atoms with Crippen molar-refractivity contribution in [1.82, 2.24) is 0 Å². The molecule has 25 heavy (non-hydrogen) atoms. The Morgan fingerprint density at radius 2 is 2.00 bits per heavy atom.